The minimum absolute atomic E-state index is 0.00242. The van der Waals surface area contributed by atoms with Crippen LogP contribution in [0.1, 0.15) is 71.5 Å². The number of carbonyl (C=O) groups is 2. The van der Waals surface area contributed by atoms with Gasteiger partial charge in [-0.3, -0.25) is 9.48 Å². The summed E-state index contributed by atoms with van der Waals surface area (Å²) in [5.41, 5.74) is 2.57. The van der Waals surface area contributed by atoms with Gasteiger partial charge in [0.25, 0.3) is 5.91 Å². The van der Waals surface area contributed by atoms with Crippen LogP contribution in [0, 0.1) is 17.8 Å². The standard InChI is InChI=1S/C24H33N5O4/c1-5-29-20-18(10-24(14-27-21(20)30)6-8-32-9-7-24)19(28-29)11-23(3,4)15-33-22(31)17-12-25-16(2)26-13-17/h12-13H,5-11,14-15H2,1-4H3,(H,27,30). The smallest absolute Gasteiger partial charge is 0.341 e. The van der Waals surface area contributed by atoms with Gasteiger partial charge in [-0.15, -0.1) is 0 Å². The molecule has 0 unspecified atom stereocenters. The molecular formula is C24H33N5O4. The zero-order valence-corrected chi connectivity index (χ0v) is 19.9. The Balaban J connectivity index is 1.54. The normalized spacial score (nSPS) is 17.9. The average molecular weight is 456 g/mol. The molecule has 2 aliphatic rings. The van der Waals surface area contributed by atoms with Gasteiger partial charge >= 0.3 is 5.97 Å². The van der Waals surface area contributed by atoms with E-state index < -0.39 is 5.97 Å². The summed E-state index contributed by atoms with van der Waals surface area (Å²) < 4.78 is 13.0. The lowest BCUT2D eigenvalue weighted by Gasteiger charge is -2.36. The van der Waals surface area contributed by atoms with Crippen molar-refractivity contribution in [3.63, 3.8) is 0 Å². The lowest BCUT2D eigenvalue weighted by molar-refractivity contribution is 0.0159. The molecule has 0 radical (unpaired) electrons. The van der Waals surface area contributed by atoms with Gasteiger partial charge in [-0.2, -0.15) is 5.10 Å². The summed E-state index contributed by atoms with van der Waals surface area (Å²) in [6, 6.07) is 0. The minimum atomic E-state index is -0.443. The molecule has 2 aliphatic heterocycles. The molecule has 178 valence electrons. The molecule has 4 heterocycles. The summed E-state index contributed by atoms with van der Waals surface area (Å²) in [6.45, 7) is 10.8. The predicted molar refractivity (Wildman–Crippen MR) is 121 cm³/mol. The molecule has 1 spiro atoms. The van der Waals surface area contributed by atoms with Crippen molar-refractivity contribution in [2.45, 2.75) is 59.9 Å². The molecular weight excluding hydrogens is 422 g/mol. The molecule has 0 bridgehead atoms. The third-order valence-electron chi connectivity index (χ3n) is 6.63. The second kappa shape index (κ2) is 9.21. The summed E-state index contributed by atoms with van der Waals surface area (Å²) in [6.07, 6.45) is 6.20. The number of fused-ring (bicyclic) bond motifs is 1. The van der Waals surface area contributed by atoms with Gasteiger partial charge in [0.05, 0.1) is 17.9 Å². The summed E-state index contributed by atoms with van der Waals surface area (Å²) in [4.78, 5) is 33.6. The molecule has 1 amide bonds. The Bertz CT molecular complexity index is 1020. The van der Waals surface area contributed by atoms with E-state index in [2.05, 4.69) is 15.3 Å². The highest BCUT2D eigenvalue weighted by atomic mass is 16.5. The van der Waals surface area contributed by atoms with Gasteiger partial charge in [0, 0.05) is 56.1 Å². The van der Waals surface area contributed by atoms with E-state index in [1.165, 1.54) is 12.4 Å². The first kappa shape index (κ1) is 23.4. The molecule has 0 saturated carbocycles. The Morgan fingerprint density at radius 3 is 2.64 bits per heavy atom. The van der Waals surface area contributed by atoms with E-state index in [0.29, 0.717) is 49.8 Å². The van der Waals surface area contributed by atoms with Crippen molar-refractivity contribution in [2.75, 3.05) is 26.4 Å². The van der Waals surface area contributed by atoms with Crippen LogP contribution in [0.5, 0.6) is 0 Å². The molecule has 9 nitrogen and oxygen atoms in total. The molecule has 2 aromatic rings. The first-order chi connectivity index (χ1) is 15.7. The van der Waals surface area contributed by atoms with Crippen molar-refractivity contribution in [3.05, 3.63) is 40.7 Å². The van der Waals surface area contributed by atoms with Crippen molar-refractivity contribution in [3.8, 4) is 0 Å². The Morgan fingerprint density at radius 1 is 1.27 bits per heavy atom. The van der Waals surface area contributed by atoms with Crippen LogP contribution in [0.15, 0.2) is 12.4 Å². The van der Waals surface area contributed by atoms with Crippen LogP contribution in [0.4, 0.5) is 0 Å². The highest BCUT2D eigenvalue weighted by Crippen LogP contribution is 2.38. The second-order valence-corrected chi connectivity index (χ2v) is 10.00. The molecule has 1 saturated heterocycles. The number of carbonyl (C=O) groups excluding carboxylic acids is 2. The number of aryl methyl sites for hydroxylation is 2. The maximum absolute atomic E-state index is 13.0. The molecule has 0 aliphatic carbocycles. The first-order valence-electron chi connectivity index (χ1n) is 11.6. The zero-order valence-electron chi connectivity index (χ0n) is 19.9. The third kappa shape index (κ3) is 5.08. The quantitative estimate of drug-likeness (QED) is 0.667. The summed E-state index contributed by atoms with van der Waals surface area (Å²) >= 11 is 0. The van der Waals surface area contributed by atoms with Crippen molar-refractivity contribution in [1.82, 2.24) is 25.1 Å². The first-order valence-corrected chi connectivity index (χ1v) is 11.6. The van der Waals surface area contributed by atoms with Crippen LogP contribution in [0.3, 0.4) is 0 Å². The second-order valence-electron chi connectivity index (χ2n) is 10.00. The highest BCUT2D eigenvalue weighted by molar-refractivity contribution is 5.94. The van der Waals surface area contributed by atoms with E-state index in [4.69, 9.17) is 14.6 Å². The maximum Gasteiger partial charge on any atom is 0.341 e. The number of nitrogens with zero attached hydrogens (tertiary/aromatic N) is 4. The van der Waals surface area contributed by atoms with E-state index in [1.54, 1.807) is 6.92 Å². The van der Waals surface area contributed by atoms with Crippen LogP contribution in [-0.2, 0) is 28.9 Å². The fourth-order valence-corrected chi connectivity index (χ4v) is 4.65. The number of amides is 1. The van der Waals surface area contributed by atoms with Gasteiger partial charge in [-0.1, -0.05) is 13.8 Å². The van der Waals surface area contributed by atoms with Crippen LogP contribution < -0.4 is 5.32 Å². The van der Waals surface area contributed by atoms with E-state index in [0.717, 1.165) is 30.5 Å². The number of rotatable bonds is 6. The Hall–Kier alpha value is -2.81. The number of aromatic nitrogens is 4. The van der Waals surface area contributed by atoms with Gasteiger partial charge in [-0.05, 0) is 38.5 Å². The van der Waals surface area contributed by atoms with Crippen molar-refractivity contribution in [1.29, 1.82) is 0 Å². The molecule has 2 aromatic heterocycles. The topological polar surface area (TPSA) is 108 Å². The summed E-state index contributed by atoms with van der Waals surface area (Å²) in [5, 5.41) is 7.96. The summed E-state index contributed by atoms with van der Waals surface area (Å²) in [5.74, 6) is 0.101. The van der Waals surface area contributed by atoms with Crippen molar-refractivity contribution < 1.29 is 19.1 Å². The highest BCUT2D eigenvalue weighted by Gasteiger charge is 2.40. The fourth-order valence-electron chi connectivity index (χ4n) is 4.65. The van der Waals surface area contributed by atoms with Crippen molar-refractivity contribution >= 4 is 11.9 Å². The van der Waals surface area contributed by atoms with E-state index in [9.17, 15) is 9.59 Å². The molecule has 0 atom stereocenters. The SMILES string of the molecule is CCn1nc(CC(C)(C)COC(=O)c2cnc(C)nc2)c2c1C(=O)NCC1(CCOCC1)C2. The number of nitrogens with one attached hydrogen (secondary N) is 1. The fraction of sp³-hybridized carbons (Fsp3) is 0.625. The average Bonchev–Trinajstić information content (AvgIpc) is 3.05. The third-order valence-corrected chi connectivity index (χ3v) is 6.63. The summed E-state index contributed by atoms with van der Waals surface area (Å²) in [7, 11) is 0. The monoisotopic (exact) mass is 455 g/mol. The van der Waals surface area contributed by atoms with Crippen LogP contribution in [0.2, 0.25) is 0 Å². The van der Waals surface area contributed by atoms with E-state index >= 15 is 0 Å². The molecule has 0 aromatic carbocycles. The van der Waals surface area contributed by atoms with Crippen LogP contribution in [-0.4, -0.2) is 58.0 Å². The Labute approximate surface area is 194 Å². The minimum Gasteiger partial charge on any atom is -0.461 e. The maximum atomic E-state index is 13.0. The lowest BCUT2D eigenvalue weighted by Crippen LogP contribution is -2.40. The number of esters is 1. The molecule has 1 N–H and O–H groups in total. The Kier molecular flexibility index (Phi) is 6.52. The van der Waals surface area contributed by atoms with Crippen LogP contribution >= 0.6 is 0 Å². The van der Waals surface area contributed by atoms with E-state index in [-0.39, 0.29) is 23.3 Å². The van der Waals surface area contributed by atoms with Gasteiger partial charge in [0.15, 0.2) is 0 Å². The number of hydrogen-bond acceptors (Lipinski definition) is 7. The Morgan fingerprint density at radius 2 is 1.97 bits per heavy atom. The molecule has 4 rings (SSSR count). The number of hydrogen-bond donors (Lipinski definition) is 1. The largest absolute Gasteiger partial charge is 0.461 e. The van der Waals surface area contributed by atoms with Gasteiger partial charge in [0.1, 0.15) is 11.5 Å². The van der Waals surface area contributed by atoms with Gasteiger partial charge in [-0.25, -0.2) is 14.8 Å². The molecule has 9 heteroatoms. The predicted octanol–water partition coefficient (Wildman–Crippen LogP) is 2.51. The van der Waals surface area contributed by atoms with Gasteiger partial charge < -0.3 is 14.8 Å². The zero-order chi connectivity index (χ0) is 23.6. The number of ether oxygens (including phenoxy) is 2. The van der Waals surface area contributed by atoms with E-state index in [1.807, 2.05) is 25.5 Å². The lowest BCUT2D eigenvalue weighted by atomic mass is 9.74. The van der Waals surface area contributed by atoms with Crippen molar-refractivity contribution in [2.24, 2.45) is 10.8 Å². The van der Waals surface area contributed by atoms with Gasteiger partial charge in [0.2, 0.25) is 0 Å². The molecule has 1 fully saturated rings. The molecule has 33 heavy (non-hydrogen) atoms. The van der Waals surface area contributed by atoms with Crippen LogP contribution in [0.25, 0.3) is 0 Å².